The van der Waals surface area contributed by atoms with E-state index in [1.807, 2.05) is 19.9 Å². The Labute approximate surface area is 163 Å². The fraction of sp³-hybridized carbons (Fsp3) is 0.429. The minimum absolute atomic E-state index is 0.232. The van der Waals surface area contributed by atoms with Gasteiger partial charge in [-0.2, -0.15) is 0 Å². The third kappa shape index (κ3) is 4.09. The fourth-order valence-electron chi connectivity index (χ4n) is 4.00. The molecule has 0 saturated carbocycles. The van der Waals surface area contributed by atoms with E-state index in [1.54, 1.807) is 18.6 Å². The molecule has 3 aromatic heterocycles. The molecule has 0 N–H and O–H groups in total. The summed E-state index contributed by atoms with van der Waals surface area (Å²) in [7, 11) is 0. The second kappa shape index (κ2) is 8.14. The van der Waals surface area contributed by atoms with Gasteiger partial charge in [0.25, 0.3) is 0 Å². The van der Waals surface area contributed by atoms with Gasteiger partial charge in [-0.1, -0.05) is 5.16 Å². The van der Waals surface area contributed by atoms with Crippen LogP contribution in [-0.4, -0.2) is 38.1 Å². The Hall–Kier alpha value is -2.67. The monoisotopic (exact) mass is 381 g/mol. The van der Waals surface area contributed by atoms with Gasteiger partial charge in [0.15, 0.2) is 0 Å². The number of aromatic nitrogens is 4. The molecule has 6 nitrogen and oxygen atoms in total. The molecule has 146 valence electrons. The molecule has 0 spiro atoms. The van der Waals surface area contributed by atoms with Gasteiger partial charge in [0, 0.05) is 25.0 Å². The van der Waals surface area contributed by atoms with Crippen LogP contribution in [0.25, 0.3) is 11.3 Å². The molecule has 4 rings (SSSR count). The number of rotatable bonds is 5. The quantitative estimate of drug-likeness (QED) is 0.671. The Morgan fingerprint density at radius 2 is 2.14 bits per heavy atom. The average molecular weight is 381 g/mol. The summed E-state index contributed by atoms with van der Waals surface area (Å²) >= 11 is 0. The van der Waals surface area contributed by atoms with Gasteiger partial charge in [-0.05, 0) is 63.8 Å². The molecule has 1 aliphatic rings. The van der Waals surface area contributed by atoms with E-state index in [9.17, 15) is 4.39 Å². The lowest BCUT2D eigenvalue weighted by Gasteiger charge is -2.32. The Kier molecular flexibility index (Phi) is 5.43. The zero-order chi connectivity index (χ0) is 19.5. The van der Waals surface area contributed by atoms with E-state index in [-0.39, 0.29) is 5.82 Å². The van der Waals surface area contributed by atoms with Crippen LogP contribution in [0.4, 0.5) is 4.39 Å². The number of piperidine rings is 1. The van der Waals surface area contributed by atoms with Gasteiger partial charge in [-0.25, -0.2) is 14.4 Å². The second-order valence-corrected chi connectivity index (χ2v) is 7.47. The summed E-state index contributed by atoms with van der Waals surface area (Å²) in [4.78, 5) is 15.4. The Morgan fingerprint density at radius 3 is 2.93 bits per heavy atom. The molecular formula is C21H24FN5O. The molecule has 0 bridgehead atoms. The summed E-state index contributed by atoms with van der Waals surface area (Å²) in [5.74, 6) is 1.01. The number of hydrogen-bond acceptors (Lipinski definition) is 6. The minimum atomic E-state index is -0.232. The van der Waals surface area contributed by atoms with Crippen molar-refractivity contribution in [2.45, 2.75) is 39.7 Å². The first-order valence-corrected chi connectivity index (χ1v) is 9.66. The van der Waals surface area contributed by atoms with E-state index in [0.717, 1.165) is 60.8 Å². The van der Waals surface area contributed by atoms with Gasteiger partial charge in [-0.15, -0.1) is 0 Å². The van der Waals surface area contributed by atoms with Crippen molar-refractivity contribution in [3.63, 3.8) is 0 Å². The highest BCUT2D eigenvalue weighted by atomic mass is 19.1. The first-order valence-electron chi connectivity index (χ1n) is 9.66. The molecule has 3 aromatic rings. The number of aryl methyl sites for hydroxylation is 2. The first-order chi connectivity index (χ1) is 13.6. The van der Waals surface area contributed by atoms with Gasteiger partial charge in [0.05, 0.1) is 22.6 Å². The summed E-state index contributed by atoms with van der Waals surface area (Å²) in [6.45, 7) is 6.26. The molecule has 1 aliphatic heterocycles. The number of hydrogen-bond donors (Lipinski definition) is 0. The van der Waals surface area contributed by atoms with E-state index in [1.165, 1.54) is 6.07 Å². The van der Waals surface area contributed by atoms with E-state index < -0.39 is 0 Å². The van der Waals surface area contributed by atoms with Crippen LogP contribution in [0, 0.1) is 25.6 Å². The molecule has 0 aliphatic carbocycles. The van der Waals surface area contributed by atoms with Gasteiger partial charge < -0.3 is 4.52 Å². The van der Waals surface area contributed by atoms with Crippen LogP contribution in [-0.2, 0) is 13.0 Å². The van der Waals surface area contributed by atoms with E-state index >= 15 is 0 Å². The van der Waals surface area contributed by atoms with Gasteiger partial charge in [0.1, 0.15) is 17.9 Å². The predicted molar refractivity (Wildman–Crippen MR) is 103 cm³/mol. The summed E-state index contributed by atoms with van der Waals surface area (Å²) in [5.41, 5.74) is 4.17. The van der Waals surface area contributed by atoms with Gasteiger partial charge >= 0.3 is 0 Å². The molecule has 4 heterocycles. The maximum absolute atomic E-state index is 13.9. The molecule has 7 heteroatoms. The van der Waals surface area contributed by atoms with Crippen molar-refractivity contribution in [2.24, 2.45) is 5.92 Å². The summed E-state index contributed by atoms with van der Waals surface area (Å²) in [5, 5.41) is 4.02. The van der Waals surface area contributed by atoms with Gasteiger partial charge in [-0.3, -0.25) is 9.88 Å². The maximum atomic E-state index is 13.9. The lowest BCUT2D eigenvalue weighted by atomic mass is 9.92. The van der Waals surface area contributed by atoms with Crippen LogP contribution in [0.3, 0.4) is 0 Å². The summed E-state index contributed by atoms with van der Waals surface area (Å²) in [6, 6.07) is 5.13. The van der Waals surface area contributed by atoms with Crippen molar-refractivity contribution >= 4 is 0 Å². The summed E-state index contributed by atoms with van der Waals surface area (Å²) < 4.78 is 19.2. The topological polar surface area (TPSA) is 67.9 Å². The fourth-order valence-corrected chi connectivity index (χ4v) is 4.00. The maximum Gasteiger partial charge on any atom is 0.146 e. The standard InChI is InChI=1S/C21H24FN5O/c1-14-21(15(2)28-26-14)19-10-17(24-13-25-19)9-16-5-4-8-27(11-16)12-20-18(22)6-3-7-23-20/h3,6-7,10,13,16H,4-5,8-9,11-12H2,1-2H3. The number of likely N-dealkylation sites (tertiary alicyclic amines) is 1. The van der Waals surface area contributed by atoms with Crippen molar-refractivity contribution in [2.75, 3.05) is 13.1 Å². The highest BCUT2D eigenvalue weighted by molar-refractivity contribution is 5.63. The van der Waals surface area contributed by atoms with Crippen LogP contribution in [0.1, 0.15) is 35.7 Å². The van der Waals surface area contributed by atoms with Crippen LogP contribution in [0.5, 0.6) is 0 Å². The van der Waals surface area contributed by atoms with Crippen LogP contribution < -0.4 is 0 Å². The molecule has 0 amide bonds. The molecule has 0 aromatic carbocycles. The molecule has 1 unspecified atom stereocenters. The average Bonchev–Trinajstić information content (AvgIpc) is 3.02. The lowest BCUT2D eigenvalue weighted by molar-refractivity contribution is 0.163. The Balaban J connectivity index is 1.44. The summed E-state index contributed by atoms with van der Waals surface area (Å²) in [6.07, 6.45) is 6.38. The molecule has 1 atom stereocenters. The van der Waals surface area contributed by atoms with E-state index in [0.29, 0.717) is 18.2 Å². The largest absolute Gasteiger partial charge is 0.361 e. The first kappa shape index (κ1) is 18.7. The zero-order valence-electron chi connectivity index (χ0n) is 16.2. The predicted octanol–water partition coefficient (Wildman–Crippen LogP) is 3.74. The van der Waals surface area contributed by atoms with E-state index in [2.05, 4.69) is 25.0 Å². The number of nitrogens with zero attached hydrogens (tertiary/aromatic N) is 5. The molecular weight excluding hydrogens is 357 g/mol. The minimum Gasteiger partial charge on any atom is -0.361 e. The van der Waals surface area contributed by atoms with Crippen molar-refractivity contribution < 1.29 is 8.91 Å². The van der Waals surface area contributed by atoms with Crippen LogP contribution >= 0.6 is 0 Å². The Bertz CT molecular complexity index is 938. The zero-order valence-corrected chi connectivity index (χ0v) is 16.2. The normalized spacial score (nSPS) is 17.8. The molecule has 1 saturated heterocycles. The smallest absolute Gasteiger partial charge is 0.146 e. The van der Waals surface area contributed by atoms with Crippen molar-refractivity contribution in [3.05, 3.63) is 59.4 Å². The number of halogens is 1. The Morgan fingerprint density at radius 1 is 1.25 bits per heavy atom. The lowest BCUT2D eigenvalue weighted by Crippen LogP contribution is -2.36. The van der Waals surface area contributed by atoms with Crippen molar-refractivity contribution in [1.29, 1.82) is 0 Å². The van der Waals surface area contributed by atoms with Crippen LogP contribution in [0.2, 0.25) is 0 Å². The third-order valence-electron chi connectivity index (χ3n) is 5.32. The molecule has 0 radical (unpaired) electrons. The molecule has 1 fully saturated rings. The number of pyridine rings is 1. The molecule has 28 heavy (non-hydrogen) atoms. The van der Waals surface area contributed by atoms with Crippen LogP contribution in [0.15, 0.2) is 35.2 Å². The SMILES string of the molecule is Cc1noc(C)c1-c1cc(CC2CCCN(Cc3ncccc3F)C2)ncn1. The second-order valence-electron chi connectivity index (χ2n) is 7.47. The van der Waals surface area contributed by atoms with Crippen molar-refractivity contribution in [3.8, 4) is 11.3 Å². The highest BCUT2D eigenvalue weighted by Crippen LogP contribution is 2.27. The van der Waals surface area contributed by atoms with Gasteiger partial charge in [0.2, 0.25) is 0 Å². The third-order valence-corrected chi connectivity index (χ3v) is 5.32. The van der Waals surface area contributed by atoms with E-state index in [4.69, 9.17) is 4.52 Å². The highest BCUT2D eigenvalue weighted by Gasteiger charge is 2.22. The van der Waals surface area contributed by atoms with Crippen molar-refractivity contribution in [1.82, 2.24) is 25.0 Å².